The second kappa shape index (κ2) is 5.92. The monoisotopic (exact) mass is 294 g/mol. The maximum absolute atomic E-state index is 4.70. The van der Waals surface area contributed by atoms with Gasteiger partial charge in [0.1, 0.15) is 17.2 Å². The van der Waals surface area contributed by atoms with Crippen molar-refractivity contribution in [2.24, 2.45) is 7.05 Å². The fourth-order valence-corrected chi connectivity index (χ4v) is 3.31. The molecule has 1 saturated heterocycles. The molecule has 0 radical (unpaired) electrons. The van der Waals surface area contributed by atoms with Crippen LogP contribution in [0.2, 0.25) is 0 Å². The first-order valence-corrected chi connectivity index (χ1v) is 7.75. The van der Waals surface area contributed by atoms with Crippen LogP contribution < -0.4 is 5.32 Å². The predicted molar refractivity (Wildman–Crippen MR) is 74.4 cm³/mol. The topological polar surface area (TPSA) is 81.7 Å². The van der Waals surface area contributed by atoms with Gasteiger partial charge in [-0.15, -0.1) is 10.2 Å². The number of nitrogens with one attached hydrogen (secondary N) is 1. The second-order valence-electron chi connectivity index (χ2n) is 5.03. The number of hydrogen-bond donors (Lipinski definition) is 1. The Morgan fingerprint density at radius 1 is 1.40 bits per heavy atom. The zero-order chi connectivity index (χ0) is 13.9. The predicted octanol–water partition coefficient (Wildman–Crippen LogP) is 1.27. The van der Waals surface area contributed by atoms with Crippen LogP contribution in [0.15, 0.2) is 9.79 Å². The first-order valence-electron chi connectivity index (χ1n) is 6.76. The Morgan fingerprint density at radius 2 is 2.30 bits per heavy atom. The van der Waals surface area contributed by atoms with E-state index >= 15 is 0 Å². The van der Waals surface area contributed by atoms with Crippen molar-refractivity contribution in [1.29, 1.82) is 0 Å². The number of aromatic nitrogens is 5. The molecule has 20 heavy (non-hydrogen) atoms. The van der Waals surface area contributed by atoms with E-state index in [-0.39, 0.29) is 0 Å². The van der Waals surface area contributed by atoms with Crippen LogP contribution >= 0.6 is 11.8 Å². The van der Waals surface area contributed by atoms with Crippen LogP contribution in [-0.2, 0) is 12.8 Å². The van der Waals surface area contributed by atoms with Crippen LogP contribution in [0.25, 0.3) is 0 Å². The van der Waals surface area contributed by atoms with Gasteiger partial charge in [-0.2, -0.15) is 0 Å². The molecule has 3 heterocycles. The minimum atomic E-state index is 0.464. The standard InChI is InChI=1S/C12H18N6OS/c1-8-10(17-19-16-8)7-20-12-15-14-11(18(12)2)9-4-3-5-13-6-9/h9,13H,3-7H2,1-2H3/t9-/m0/s1. The maximum Gasteiger partial charge on any atom is 0.191 e. The van der Waals surface area contributed by atoms with Crippen molar-refractivity contribution < 1.29 is 4.63 Å². The molecule has 0 saturated carbocycles. The Labute approximate surface area is 121 Å². The van der Waals surface area contributed by atoms with E-state index in [4.69, 9.17) is 4.63 Å². The lowest BCUT2D eigenvalue weighted by atomic mass is 9.99. The van der Waals surface area contributed by atoms with E-state index in [1.165, 1.54) is 12.8 Å². The average Bonchev–Trinajstić information content (AvgIpc) is 3.04. The molecule has 0 bridgehead atoms. The fraction of sp³-hybridized carbons (Fsp3) is 0.667. The van der Waals surface area contributed by atoms with Crippen LogP contribution in [0.5, 0.6) is 0 Å². The summed E-state index contributed by atoms with van der Waals surface area (Å²) in [6, 6.07) is 0. The van der Waals surface area contributed by atoms with Gasteiger partial charge < -0.3 is 9.88 Å². The Hall–Kier alpha value is -1.41. The highest BCUT2D eigenvalue weighted by Crippen LogP contribution is 2.26. The molecule has 1 N–H and O–H groups in total. The molecule has 0 aliphatic carbocycles. The van der Waals surface area contributed by atoms with Crippen molar-refractivity contribution in [2.45, 2.75) is 36.6 Å². The Morgan fingerprint density at radius 3 is 3.00 bits per heavy atom. The fourth-order valence-electron chi connectivity index (χ4n) is 2.39. The number of aryl methyl sites for hydroxylation is 1. The summed E-state index contributed by atoms with van der Waals surface area (Å²) in [5.74, 6) is 2.23. The van der Waals surface area contributed by atoms with E-state index in [9.17, 15) is 0 Å². The number of piperidine rings is 1. The molecule has 2 aromatic rings. The number of rotatable bonds is 4. The summed E-state index contributed by atoms with van der Waals surface area (Å²) in [5.41, 5.74) is 1.69. The van der Waals surface area contributed by atoms with Crippen LogP contribution in [0, 0.1) is 6.92 Å². The molecule has 108 valence electrons. The molecule has 1 fully saturated rings. The maximum atomic E-state index is 4.70. The Bertz CT molecular complexity index is 574. The highest BCUT2D eigenvalue weighted by Gasteiger charge is 2.22. The summed E-state index contributed by atoms with van der Waals surface area (Å²) in [4.78, 5) is 0. The molecule has 1 atom stereocenters. The molecular weight excluding hydrogens is 276 g/mol. The van der Waals surface area contributed by atoms with Gasteiger partial charge in [-0.05, 0) is 26.3 Å². The third kappa shape index (κ3) is 2.71. The van der Waals surface area contributed by atoms with Crippen molar-refractivity contribution >= 4 is 11.8 Å². The summed E-state index contributed by atoms with van der Waals surface area (Å²) in [7, 11) is 2.03. The van der Waals surface area contributed by atoms with Crippen LogP contribution in [0.3, 0.4) is 0 Å². The minimum absolute atomic E-state index is 0.464. The third-order valence-corrected chi connectivity index (χ3v) is 4.65. The molecule has 1 aliphatic heterocycles. The van der Waals surface area contributed by atoms with Gasteiger partial charge in [-0.25, -0.2) is 4.63 Å². The van der Waals surface area contributed by atoms with Crippen molar-refractivity contribution in [1.82, 2.24) is 30.4 Å². The number of thioether (sulfide) groups is 1. The van der Waals surface area contributed by atoms with Crippen molar-refractivity contribution in [3.8, 4) is 0 Å². The Kier molecular flexibility index (Phi) is 4.02. The van der Waals surface area contributed by atoms with Gasteiger partial charge in [0.05, 0.1) is 0 Å². The first kappa shape index (κ1) is 13.6. The number of hydrogen-bond acceptors (Lipinski definition) is 7. The van der Waals surface area contributed by atoms with E-state index in [0.717, 1.165) is 35.5 Å². The van der Waals surface area contributed by atoms with Gasteiger partial charge in [-0.3, -0.25) is 0 Å². The SMILES string of the molecule is Cc1nonc1CSc1nnc([C@H]2CCCNC2)n1C. The number of nitrogens with zero attached hydrogens (tertiary/aromatic N) is 5. The normalized spacial score (nSPS) is 19.4. The molecule has 0 unspecified atom stereocenters. The molecule has 0 aromatic carbocycles. The summed E-state index contributed by atoms with van der Waals surface area (Å²) < 4.78 is 6.79. The molecule has 0 spiro atoms. The summed E-state index contributed by atoms with van der Waals surface area (Å²) in [6.07, 6.45) is 2.37. The van der Waals surface area contributed by atoms with E-state index in [1.807, 2.05) is 14.0 Å². The van der Waals surface area contributed by atoms with E-state index in [2.05, 4.69) is 30.4 Å². The van der Waals surface area contributed by atoms with Crippen LogP contribution in [0.1, 0.15) is 36.0 Å². The molecular formula is C12H18N6OS. The molecule has 2 aromatic heterocycles. The van der Waals surface area contributed by atoms with Crippen LogP contribution in [0.4, 0.5) is 0 Å². The largest absolute Gasteiger partial charge is 0.316 e. The van der Waals surface area contributed by atoms with E-state index in [1.54, 1.807) is 11.8 Å². The lowest BCUT2D eigenvalue weighted by Gasteiger charge is -2.21. The molecule has 3 rings (SSSR count). The van der Waals surface area contributed by atoms with Gasteiger partial charge in [-0.1, -0.05) is 22.1 Å². The first-order chi connectivity index (χ1) is 9.75. The van der Waals surface area contributed by atoms with Crippen LogP contribution in [-0.4, -0.2) is 38.2 Å². The zero-order valence-corrected chi connectivity index (χ0v) is 12.5. The minimum Gasteiger partial charge on any atom is -0.316 e. The quantitative estimate of drug-likeness (QED) is 0.850. The highest BCUT2D eigenvalue weighted by molar-refractivity contribution is 7.98. The summed E-state index contributed by atoms with van der Waals surface area (Å²) in [5, 5.41) is 20.6. The molecule has 7 nitrogen and oxygen atoms in total. The van der Waals surface area contributed by atoms with Crippen molar-refractivity contribution in [2.75, 3.05) is 13.1 Å². The third-order valence-electron chi connectivity index (χ3n) is 3.62. The van der Waals surface area contributed by atoms with Gasteiger partial charge in [0.25, 0.3) is 0 Å². The lowest BCUT2D eigenvalue weighted by Crippen LogP contribution is -2.29. The van der Waals surface area contributed by atoms with Crippen molar-refractivity contribution in [3.05, 3.63) is 17.2 Å². The molecule has 0 amide bonds. The Balaban J connectivity index is 1.68. The highest BCUT2D eigenvalue weighted by atomic mass is 32.2. The van der Waals surface area contributed by atoms with E-state index < -0.39 is 0 Å². The van der Waals surface area contributed by atoms with Gasteiger partial charge in [0.15, 0.2) is 5.16 Å². The average molecular weight is 294 g/mol. The van der Waals surface area contributed by atoms with Gasteiger partial charge in [0.2, 0.25) is 0 Å². The van der Waals surface area contributed by atoms with Crippen molar-refractivity contribution in [3.63, 3.8) is 0 Å². The summed E-state index contributed by atoms with van der Waals surface area (Å²) in [6.45, 7) is 3.99. The molecule has 8 heteroatoms. The van der Waals surface area contributed by atoms with Gasteiger partial charge >= 0.3 is 0 Å². The van der Waals surface area contributed by atoms with E-state index in [0.29, 0.717) is 11.7 Å². The summed E-state index contributed by atoms with van der Waals surface area (Å²) >= 11 is 1.61. The molecule has 1 aliphatic rings. The lowest BCUT2D eigenvalue weighted by molar-refractivity contribution is 0.302. The zero-order valence-electron chi connectivity index (χ0n) is 11.7. The smallest absolute Gasteiger partial charge is 0.191 e. The second-order valence-corrected chi connectivity index (χ2v) is 5.97. The van der Waals surface area contributed by atoms with Gasteiger partial charge in [0, 0.05) is 25.3 Å².